The molecule has 1 N–H and O–H groups in total. The molecule has 21 heavy (non-hydrogen) atoms. The lowest BCUT2D eigenvalue weighted by atomic mass is 10.2. The van der Waals surface area contributed by atoms with E-state index in [1.54, 1.807) is 12.4 Å². The van der Waals surface area contributed by atoms with Gasteiger partial charge in [-0.2, -0.15) is 0 Å². The molecule has 6 nitrogen and oxygen atoms in total. The Morgan fingerprint density at radius 3 is 3.05 bits per heavy atom. The molecule has 0 fully saturated rings. The van der Waals surface area contributed by atoms with Crippen molar-refractivity contribution in [3.63, 3.8) is 0 Å². The van der Waals surface area contributed by atoms with Gasteiger partial charge >= 0.3 is 8.60 Å². The van der Waals surface area contributed by atoms with E-state index in [1.165, 1.54) is 0 Å². The van der Waals surface area contributed by atoms with Crippen molar-refractivity contribution in [3.05, 3.63) is 30.1 Å². The van der Waals surface area contributed by atoms with E-state index in [9.17, 15) is 0 Å². The Bertz CT molecular complexity index is 438. The zero-order valence-electron chi connectivity index (χ0n) is 12.7. The van der Waals surface area contributed by atoms with Crippen LogP contribution in [0, 0.1) is 0 Å². The van der Waals surface area contributed by atoms with Crippen molar-refractivity contribution >= 4 is 8.60 Å². The van der Waals surface area contributed by atoms with Crippen molar-refractivity contribution in [2.75, 3.05) is 13.2 Å². The average Bonchev–Trinajstić information content (AvgIpc) is 3.10. The standard InChI is InChI=1S/C14H23N2O4P/c1-4-12-13(6-9-17-12)20-21(18-5-2)19-11(3)10-14-15-7-8-16-14/h6-8,11-12H,4-5,9-10H2,1-3H3,(H,15,16). The van der Waals surface area contributed by atoms with Gasteiger partial charge in [-0.05, 0) is 26.3 Å². The number of nitrogens with one attached hydrogen (secondary N) is 1. The van der Waals surface area contributed by atoms with Crippen LogP contribution in [0.15, 0.2) is 24.2 Å². The van der Waals surface area contributed by atoms with E-state index < -0.39 is 8.60 Å². The molecule has 1 aliphatic rings. The summed E-state index contributed by atoms with van der Waals surface area (Å²) in [5.74, 6) is 1.71. The van der Waals surface area contributed by atoms with Gasteiger partial charge in [-0.1, -0.05) is 6.92 Å². The van der Waals surface area contributed by atoms with Gasteiger partial charge < -0.3 is 18.8 Å². The summed E-state index contributed by atoms with van der Waals surface area (Å²) in [6, 6.07) is 0. The molecule has 1 aliphatic heterocycles. The van der Waals surface area contributed by atoms with Crippen LogP contribution in [0.4, 0.5) is 0 Å². The number of hydrogen-bond acceptors (Lipinski definition) is 5. The van der Waals surface area contributed by atoms with Gasteiger partial charge in [0.15, 0.2) is 0 Å². The number of imidazole rings is 1. The zero-order chi connectivity index (χ0) is 15.1. The first-order chi connectivity index (χ1) is 10.2. The second-order valence-corrected chi connectivity index (χ2v) is 5.82. The molecule has 0 aromatic carbocycles. The summed E-state index contributed by atoms with van der Waals surface area (Å²) in [4.78, 5) is 7.26. The van der Waals surface area contributed by atoms with Crippen molar-refractivity contribution in [1.82, 2.24) is 9.97 Å². The van der Waals surface area contributed by atoms with Gasteiger partial charge in [0.25, 0.3) is 0 Å². The van der Waals surface area contributed by atoms with E-state index in [0.717, 1.165) is 18.0 Å². The van der Waals surface area contributed by atoms with E-state index >= 15 is 0 Å². The minimum Gasteiger partial charge on any atom is -0.429 e. The highest BCUT2D eigenvalue weighted by molar-refractivity contribution is 7.41. The quantitative estimate of drug-likeness (QED) is 0.708. The second-order valence-electron chi connectivity index (χ2n) is 4.73. The van der Waals surface area contributed by atoms with Crippen LogP contribution >= 0.6 is 8.60 Å². The minimum atomic E-state index is -1.42. The van der Waals surface area contributed by atoms with Gasteiger partial charge in [0.1, 0.15) is 17.7 Å². The molecule has 0 saturated heterocycles. The van der Waals surface area contributed by atoms with Crippen molar-refractivity contribution in [2.45, 2.75) is 45.8 Å². The Hall–Kier alpha value is -0.940. The highest BCUT2D eigenvalue weighted by Gasteiger charge is 2.26. The highest BCUT2D eigenvalue weighted by atomic mass is 31.2. The summed E-state index contributed by atoms with van der Waals surface area (Å²) in [7, 11) is -1.42. The topological polar surface area (TPSA) is 65.6 Å². The lowest BCUT2D eigenvalue weighted by Crippen LogP contribution is -2.14. The van der Waals surface area contributed by atoms with Gasteiger partial charge in [0, 0.05) is 18.8 Å². The van der Waals surface area contributed by atoms with Crippen LogP contribution in [0.5, 0.6) is 0 Å². The molecule has 3 atom stereocenters. The average molecular weight is 314 g/mol. The van der Waals surface area contributed by atoms with E-state index in [2.05, 4.69) is 16.9 Å². The first-order valence-electron chi connectivity index (χ1n) is 7.30. The third kappa shape index (κ3) is 5.08. The summed E-state index contributed by atoms with van der Waals surface area (Å²) < 4.78 is 22.9. The number of nitrogens with zero attached hydrogens (tertiary/aromatic N) is 1. The second kappa shape index (κ2) is 8.49. The molecule has 0 radical (unpaired) electrons. The van der Waals surface area contributed by atoms with Gasteiger partial charge in [-0.25, -0.2) is 4.98 Å². The minimum absolute atomic E-state index is 0.0134. The third-order valence-electron chi connectivity index (χ3n) is 2.99. The fraction of sp³-hybridized carbons (Fsp3) is 0.643. The van der Waals surface area contributed by atoms with Crippen LogP contribution in [0.25, 0.3) is 0 Å². The first kappa shape index (κ1) is 16.4. The first-order valence-corrected chi connectivity index (χ1v) is 8.40. The Kier molecular flexibility index (Phi) is 6.64. The molecular formula is C14H23N2O4P. The Morgan fingerprint density at radius 2 is 2.38 bits per heavy atom. The molecule has 0 aliphatic carbocycles. The van der Waals surface area contributed by atoms with Crippen molar-refractivity contribution in [2.24, 2.45) is 0 Å². The SMILES string of the molecule is CCOP(OC1=CCOC1CC)OC(C)Cc1ncc[nH]1. The normalized spacial score (nSPS) is 21.1. The van der Waals surface area contributed by atoms with E-state index in [4.69, 9.17) is 18.3 Å². The number of hydrogen-bond donors (Lipinski definition) is 1. The summed E-state index contributed by atoms with van der Waals surface area (Å²) in [5.41, 5.74) is 0. The lowest BCUT2D eigenvalue weighted by molar-refractivity contribution is 0.0834. The molecule has 2 rings (SSSR count). The van der Waals surface area contributed by atoms with Gasteiger partial charge in [0.2, 0.25) is 0 Å². The van der Waals surface area contributed by atoms with Crippen LogP contribution in [0.3, 0.4) is 0 Å². The van der Waals surface area contributed by atoms with E-state index in [0.29, 0.717) is 19.6 Å². The number of aromatic nitrogens is 2. The molecule has 1 aromatic rings. The molecule has 0 spiro atoms. The zero-order valence-corrected chi connectivity index (χ0v) is 13.6. The summed E-state index contributed by atoms with van der Waals surface area (Å²) in [6.07, 6.45) is 7.02. The van der Waals surface area contributed by atoms with Crippen molar-refractivity contribution in [1.29, 1.82) is 0 Å². The lowest BCUT2D eigenvalue weighted by Gasteiger charge is -2.22. The van der Waals surface area contributed by atoms with Gasteiger partial charge in [-0.3, -0.25) is 4.52 Å². The summed E-state index contributed by atoms with van der Waals surface area (Å²) in [6.45, 7) is 7.11. The fourth-order valence-electron chi connectivity index (χ4n) is 2.01. The van der Waals surface area contributed by atoms with Crippen LogP contribution in [0.1, 0.15) is 33.0 Å². The highest BCUT2D eigenvalue weighted by Crippen LogP contribution is 2.45. The van der Waals surface area contributed by atoms with E-state index in [1.807, 2.05) is 19.9 Å². The fourth-order valence-corrected chi connectivity index (χ4v) is 3.11. The van der Waals surface area contributed by atoms with Gasteiger partial charge in [0.05, 0.1) is 19.3 Å². The van der Waals surface area contributed by atoms with Gasteiger partial charge in [-0.15, -0.1) is 0 Å². The predicted molar refractivity (Wildman–Crippen MR) is 80.6 cm³/mol. The van der Waals surface area contributed by atoms with Crippen LogP contribution in [-0.4, -0.2) is 35.4 Å². The predicted octanol–water partition coefficient (Wildman–Crippen LogP) is 3.33. The van der Waals surface area contributed by atoms with E-state index in [-0.39, 0.29) is 12.2 Å². The molecule has 2 heterocycles. The molecule has 118 valence electrons. The number of aromatic amines is 1. The Balaban J connectivity index is 1.86. The number of rotatable bonds is 9. The molecule has 0 amide bonds. The molecule has 3 unspecified atom stereocenters. The number of H-pyrrole nitrogens is 1. The summed E-state index contributed by atoms with van der Waals surface area (Å²) in [5, 5.41) is 0. The van der Waals surface area contributed by atoms with Crippen LogP contribution in [-0.2, 0) is 24.7 Å². The maximum atomic E-state index is 5.88. The Labute approximate surface area is 126 Å². The summed E-state index contributed by atoms with van der Waals surface area (Å²) >= 11 is 0. The molecule has 7 heteroatoms. The Morgan fingerprint density at radius 1 is 1.52 bits per heavy atom. The maximum absolute atomic E-state index is 5.88. The number of ether oxygens (including phenoxy) is 1. The monoisotopic (exact) mass is 314 g/mol. The maximum Gasteiger partial charge on any atom is 0.397 e. The molecule has 0 bridgehead atoms. The molecular weight excluding hydrogens is 291 g/mol. The smallest absolute Gasteiger partial charge is 0.397 e. The molecule has 1 aromatic heterocycles. The van der Waals surface area contributed by atoms with Crippen molar-refractivity contribution in [3.8, 4) is 0 Å². The molecule has 0 saturated carbocycles. The third-order valence-corrected chi connectivity index (χ3v) is 4.35. The van der Waals surface area contributed by atoms with Crippen molar-refractivity contribution < 1.29 is 18.3 Å². The largest absolute Gasteiger partial charge is 0.429 e. The van der Waals surface area contributed by atoms with Crippen LogP contribution in [0.2, 0.25) is 0 Å². The van der Waals surface area contributed by atoms with Crippen LogP contribution < -0.4 is 0 Å².